The van der Waals surface area contributed by atoms with Gasteiger partial charge in [-0.1, -0.05) is 24.3 Å². The van der Waals surface area contributed by atoms with Gasteiger partial charge in [0.2, 0.25) is 5.91 Å². The van der Waals surface area contributed by atoms with Crippen molar-refractivity contribution in [3.63, 3.8) is 0 Å². The van der Waals surface area contributed by atoms with E-state index < -0.39 is 0 Å². The van der Waals surface area contributed by atoms with Crippen LogP contribution < -0.4 is 10.6 Å². The molecule has 1 unspecified atom stereocenters. The van der Waals surface area contributed by atoms with Crippen molar-refractivity contribution in [2.75, 3.05) is 13.6 Å². The zero-order chi connectivity index (χ0) is 12.7. The molecule has 0 bridgehead atoms. The maximum absolute atomic E-state index is 11.6. The van der Waals surface area contributed by atoms with Gasteiger partial charge in [-0.25, -0.2) is 0 Å². The number of hydrogen-bond acceptors (Lipinski definition) is 2. The molecule has 0 aliphatic rings. The Morgan fingerprint density at radius 1 is 1.35 bits per heavy atom. The van der Waals surface area contributed by atoms with Crippen LogP contribution in [0, 0.1) is 6.92 Å². The minimum Gasteiger partial charge on any atom is -0.355 e. The molecular weight excluding hydrogens is 212 g/mol. The minimum atomic E-state index is 0.121. The number of carbonyl (C=O) groups is 1. The average molecular weight is 234 g/mol. The number of nitrogens with one attached hydrogen (secondary N) is 2. The highest BCUT2D eigenvalue weighted by molar-refractivity contribution is 5.76. The van der Waals surface area contributed by atoms with Gasteiger partial charge in [-0.2, -0.15) is 0 Å². The number of amides is 1. The Bertz CT molecular complexity index is 363. The third kappa shape index (κ3) is 5.00. The molecule has 0 saturated heterocycles. The van der Waals surface area contributed by atoms with E-state index in [0.717, 1.165) is 6.42 Å². The van der Waals surface area contributed by atoms with E-state index in [9.17, 15) is 4.79 Å². The van der Waals surface area contributed by atoms with Crippen LogP contribution in [-0.2, 0) is 11.2 Å². The summed E-state index contributed by atoms with van der Waals surface area (Å²) in [5.41, 5.74) is 2.51. The monoisotopic (exact) mass is 234 g/mol. The molecule has 2 N–H and O–H groups in total. The molecular formula is C14H22N2O. The summed E-state index contributed by atoms with van der Waals surface area (Å²) in [5.74, 6) is 0.121. The van der Waals surface area contributed by atoms with E-state index in [4.69, 9.17) is 0 Å². The molecule has 0 saturated carbocycles. The molecule has 0 heterocycles. The van der Waals surface area contributed by atoms with Gasteiger partial charge in [0, 0.05) is 19.0 Å². The van der Waals surface area contributed by atoms with E-state index in [0.29, 0.717) is 19.0 Å². The van der Waals surface area contributed by atoms with Crippen LogP contribution in [-0.4, -0.2) is 25.5 Å². The number of likely N-dealkylation sites (N-methyl/N-ethyl adjacent to an activating group) is 1. The second kappa shape index (κ2) is 7.07. The van der Waals surface area contributed by atoms with Crippen LogP contribution in [0.2, 0.25) is 0 Å². The highest BCUT2D eigenvalue weighted by Crippen LogP contribution is 2.09. The van der Waals surface area contributed by atoms with E-state index in [1.165, 1.54) is 11.1 Å². The van der Waals surface area contributed by atoms with Gasteiger partial charge in [-0.3, -0.25) is 4.79 Å². The van der Waals surface area contributed by atoms with Gasteiger partial charge >= 0.3 is 0 Å². The second-order valence-corrected chi connectivity index (χ2v) is 4.42. The first-order valence-corrected chi connectivity index (χ1v) is 6.12. The quantitative estimate of drug-likeness (QED) is 0.786. The zero-order valence-corrected chi connectivity index (χ0v) is 10.9. The van der Waals surface area contributed by atoms with Crippen LogP contribution in [0.5, 0.6) is 0 Å². The fraction of sp³-hybridized carbons (Fsp3) is 0.500. The standard InChI is InChI=1S/C14H22N2O/c1-11-6-4-5-7-13(11)8-9-14(17)16-10-12(2)15-3/h4-7,12,15H,8-10H2,1-3H3,(H,16,17). The molecule has 0 fully saturated rings. The molecule has 0 aliphatic carbocycles. The van der Waals surface area contributed by atoms with Gasteiger partial charge in [-0.05, 0) is 38.4 Å². The van der Waals surface area contributed by atoms with Crippen molar-refractivity contribution >= 4 is 5.91 Å². The lowest BCUT2D eigenvalue weighted by Gasteiger charge is -2.11. The highest BCUT2D eigenvalue weighted by atomic mass is 16.1. The van der Waals surface area contributed by atoms with E-state index in [1.54, 1.807) is 0 Å². The summed E-state index contributed by atoms with van der Waals surface area (Å²) < 4.78 is 0. The molecule has 3 nitrogen and oxygen atoms in total. The number of hydrogen-bond donors (Lipinski definition) is 2. The summed E-state index contributed by atoms with van der Waals surface area (Å²) in [6, 6.07) is 8.52. The van der Waals surface area contributed by atoms with E-state index >= 15 is 0 Å². The predicted molar refractivity (Wildman–Crippen MR) is 71.0 cm³/mol. The van der Waals surface area contributed by atoms with Crippen molar-refractivity contribution in [3.05, 3.63) is 35.4 Å². The number of rotatable bonds is 6. The molecule has 0 spiro atoms. The maximum atomic E-state index is 11.6. The Hall–Kier alpha value is -1.35. The van der Waals surface area contributed by atoms with Crippen molar-refractivity contribution in [1.29, 1.82) is 0 Å². The van der Waals surface area contributed by atoms with Crippen molar-refractivity contribution in [2.45, 2.75) is 32.7 Å². The summed E-state index contributed by atoms with van der Waals surface area (Å²) in [5, 5.41) is 6.01. The topological polar surface area (TPSA) is 41.1 Å². The minimum absolute atomic E-state index is 0.121. The molecule has 0 aliphatic heterocycles. The highest BCUT2D eigenvalue weighted by Gasteiger charge is 2.05. The summed E-state index contributed by atoms with van der Waals surface area (Å²) >= 11 is 0. The van der Waals surface area contributed by atoms with Crippen LogP contribution in [0.25, 0.3) is 0 Å². The molecule has 94 valence electrons. The van der Waals surface area contributed by atoms with Gasteiger partial charge in [0.15, 0.2) is 0 Å². The lowest BCUT2D eigenvalue weighted by molar-refractivity contribution is -0.121. The molecule has 1 aromatic rings. The average Bonchev–Trinajstić information content (AvgIpc) is 2.35. The largest absolute Gasteiger partial charge is 0.355 e. The third-order valence-corrected chi connectivity index (χ3v) is 2.98. The van der Waals surface area contributed by atoms with Crippen molar-refractivity contribution in [1.82, 2.24) is 10.6 Å². The summed E-state index contributed by atoms with van der Waals surface area (Å²) in [6.07, 6.45) is 1.37. The van der Waals surface area contributed by atoms with Gasteiger partial charge in [0.1, 0.15) is 0 Å². The Balaban J connectivity index is 2.31. The van der Waals surface area contributed by atoms with Gasteiger partial charge in [0.05, 0.1) is 0 Å². The first-order chi connectivity index (χ1) is 8.13. The normalized spacial score (nSPS) is 12.2. The Morgan fingerprint density at radius 2 is 2.06 bits per heavy atom. The third-order valence-electron chi connectivity index (χ3n) is 2.98. The Morgan fingerprint density at radius 3 is 2.71 bits per heavy atom. The molecule has 3 heteroatoms. The fourth-order valence-corrected chi connectivity index (χ4v) is 1.60. The first kappa shape index (κ1) is 13.7. The van der Waals surface area contributed by atoms with Crippen molar-refractivity contribution in [2.24, 2.45) is 0 Å². The van der Waals surface area contributed by atoms with Gasteiger partial charge < -0.3 is 10.6 Å². The Kier molecular flexibility index (Phi) is 5.70. The molecule has 1 amide bonds. The molecule has 0 radical (unpaired) electrons. The number of aryl methyl sites for hydroxylation is 2. The lowest BCUT2D eigenvalue weighted by atomic mass is 10.0. The molecule has 0 aromatic heterocycles. The van der Waals surface area contributed by atoms with Crippen LogP contribution >= 0.6 is 0 Å². The van der Waals surface area contributed by atoms with Crippen molar-refractivity contribution in [3.8, 4) is 0 Å². The van der Waals surface area contributed by atoms with E-state index in [2.05, 4.69) is 29.7 Å². The molecule has 1 aromatic carbocycles. The van der Waals surface area contributed by atoms with Crippen LogP contribution in [0.15, 0.2) is 24.3 Å². The first-order valence-electron chi connectivity index (χ1n) is 6.12. The molecule has 17 heavy (non-hydrogen) atoms. The van der Waals surface area contributed by atoms with E-state index in [1.807, 2.05) is 26.1 Å². The fourth-order valence-electron chi connectivity index (χ4n) is 1.60. The number of carbonyl (C=O) groups excluding carboxylic acids is 1. The second-order valence-electron chi connectivity index (χ2n) is 4.42. The van der Waals surface area contributed by atoms with Crippen LogP contribution in [0.4, 0.5) is 0 Å². The van der Waals surface area contributed by atoms with Gasteiger partial charge in [-0.15, -0.1) is 0 Å². The van der Waals surface area contributed by atoms with Crippen LogP contribution in [0.3, 0.4) is 0 Å². The number of benzene rings is 1. The van der Waals surface area contributed by atoms with E-state index in [-0.39, 0.29) is 5.91 Å². The predicted octanol–water partition coefficient (Wildman–Crippen LogP) is 1.65. The zero-order valence-electron chi connectivity index (χ0n) is 10.9. The SMILES string of the molecule is CNC(C)CNC(=O)CCc1ccccc1C. The van der Waals surface area contributed by atoms with Crippen molar-refractivity contribution < 1.29 is 4.79 Å². The molecule has 1 rings (SSSR count). The maximum Gasteiger partial charge on any atom is 0.220 e. The summed E-state index contributed by atoms with van der Waals surface area (Å²) in [7, 11) is 1.89. The summed E-state index contributed by atoms with van der Waals surface area (Å²) in [6.45, 7) is 4.81. The summed E-state index contributed by atoms with van der Waals surface area (Å²) in [4.78, 5) is 11.6. The lowest BCUT2D eigenvalue weighted by Crippen LogP contribution is -2.37. The Labute approximate surface area is 104 Å². The smallest absolute Gasteiger partial charge is 0.220 e. The van der Waals surface area contributed by atoms with Gasteiger partial charge in [0.25, 0.3) is 0 Å². The molecule has 1 atom stereocenters. The van der Waals surface area contributed by atoms with Crippen LogP contribution in [0.1, 0.15) is 24.5 Å².